The van der Waals surface area contributed by atoms with E-state index < -0.39 is 0 Å². The molecular formula is C35H37Cl2N9O3. The quantitative estimate of drug-likeness (QED) is 0.140. The summed E-state index contributed by atoms with van der Waals surface area (Å²) in [5.74, 6) is 0.965. The largest absolute Gasteiger partial charge is 0.480 e. The number of methoxy groups -OCH3 is 2. The van der Waals surface area contributed by atoms with Gasteiger partial charge in [-0.3, -0.25) is 19.4 Å². The first-order chi connectivity index (χ1) is 23.9. The van der Waals surface area contributed by atoms with Gasteiger partial charge in [-0.25, -0.2) is 9.97 Å². The fourth-order valence-corrected chi connectivity index (χ4v) is 6.49. The Morgan fingerprint density at radius 1 is 0.898 bits per heavy atom. The maximum Gasteiger partial charge on any atom is 0.237 e. The Morgan fingerprint density at radius 2 is 1.51 bits per heavy atom. The number of hydrogen-bond donors (Lipinski definition) is 2. The first-order valence-electron chi connectivity index (χ1n) is 16.2. The number of nitrogens with zero attached hydrogens (tertiary/aromatic N) is 7. The van der Waals surface area contributed by atoms with E-state index in [2.05, 4.69) is 30.9 Å². The topological polar surface area (TPSA) is 142 Å². The first kappa shape index (κ1) is 34.2. The molecule has 12 nitrogen and oxygen atoms in total. The number of benzene rings is 2. The van der Waals surface area contributed by atoms with Gasteiger partial charge in [0.1, 0.15) is 11.4 Å². The van der Waals surface area contributed by atoms with Crippen LogP contribution in [0.3, 0.4) is 0 Å². The van der Waals surface area contributed by atoms with E-state index in [1.54, 1.807) is 31.3 Å². The standard InChI is InChI=1S/C35H37Cl2N9O3/c1-4-46-20-22(44-45-46)16-38-17-30-35(49-3)43-29(19-40-30)26-12-7-10-24(33(26)37)23-9-6-11-25(32(23)36)28-18-39-27(34(42-28)48-2)13-5-8-21-14-15-31(47)41-21/h6-7,9-12,18-21,38H,4-5,8,13-17H2,1-3H3,(H,41,47)/t21-/m1/s1. The van der Waals surface area contributed by atoms with Crippen molar-refractivity contribution in [3.8, 4) is 45.4 Å². The van der Waals surface area contributed by atoms with Crippen LogP contribution in [-0.4, -0.2) is 61.1 Å². The van der Waals surface area contributed by atoms with Crippen molar-refractivity contribution in [3.63, 3.8) is 0 Å². The Kier molecular flexibility index (Phi) is 11.0. The fraction of sp³-hybridized carbons (Fsp3) is 0.343. The Balaban J connectivity index is 1.20. The van der Waals surface area contributed by atoms with Gasteiger partial charge in [0.15, 0.2) is 0 Å². The van der Waals surface area contributed by atoms with Crippen LogP contribution in [0.5, 0.6) is 11.8 Å². The number of amides is 1. The summed E-state index contributed by atoms with van der Waals surface area (Å²) < 4.78 is 13.0. The number of aryl methyl sites for hydroxylation is 2. The number of carbonyl (C=O) groups excluding carboxylic acids is 1. The highest BCUT2D eigenvalue weighted by Crippen LogP contribution is 2.42. The van der Waals surface area contributed by atoms with Crippen LogP contribution in [0.4, 0.5) is 0 Å². The summed E-state index contributed by atoms with van der Waals surface area (Å²) in [5, 5.41) is 15.5. The van der Waals surface area contributed by atoms with E-state index in [-0.39, 0.29) is 11.9 Å². The number of carbonyl (C=O) groups is 1. The zero-order chi connectivity index (χ0) is 34.3. The predicted molar refractivity (Wildman–Crippen MR) is 187 cm³/mol. The minimum atomic E-state index is 0.122. The van der Waals surface area contributed by atoms with Crippen molar-refractivity contribution < 1.29 is 14.3 Å². The van der Waals surface area contributed by atoms with E-state index >= 15 is 0 Å². The van der Waals surface area contributed by atoms with E-state index in [0.29, 0.717) is 75.9 Å². The summed E-state index contributed by atoms with van der Waals surface area (Å²) >= 11 is 14.1. The molecule has 5 aromatic rings. The monoisotopic (exact) mass is 701 g/mol. The maximum atomic E-state index is 11.5. The third kappa shape index (κ3) is 7.82. The number of halogens is 2. The van der Waals surface area contributed by atoms with Crippen LogP contribution in [0.1, 0.15) is 49.7 Å². The SMILES string of the molecule is CCn1cc(CNCc2ncc(-c3cccc(-c4cccc(-c5cnc(CCC[C@@H]6CCC(=O)N6)c(OC)n5)c4Cl)c3Cl)nc2OC)nn1. The minimum absolute atomic E-state index is 0.122. The van der Waals surface area contributed by atoms with Crippen molar-refractivity contribution in [1.29, 1.82) is 0 Å². The zero-order valence-electron chi connectivity index (χ0n) is 27.5. The number of aromatic nitrogens is 7. The molecule has 0 unspecified atom stereocenters. The summed E-state index contributed by atoms with van der Waals surface area (Å²) in [6.07, 6.45) is 9.20. The molecule has 254 valence electrons. The lowest BCUT2D eigenvalue weighted by Gasteiger charge is -2.15. The van der Waals surface area contributed by atoms with E-state index in [1.807, 2.05) is 49.5 Å². The molecule has 0 radical (unpaired) electrons. The molecule has 6 rings (SSSR count). The molecular weight excluding hydrogens is 665 g/mol. The number of rotatable bonds is 14. The predicted octanol–water partition coefficient (Wildman–Crippen LogP) is 6.09. The lowest BCUT2D eigenvalue weighted by Crippen LogP contribution is -2.25. The molecule has 4 heterocycles. The molecule has 0 aliphatic carbocycles. The number of hydrogen-bond acceptors (Lipinski definition) is 10. The van der Waals surface area contributed by atoms with E-state index in [0.717, 1.165) is 48.3 Å². The molecule has 1 fully saturated rings. The van der Waals surface area contributed by atoms with Gasteiger partial charge in [-0.15, -0.1) is 5.10 Å². The molecule has 3 aromatic heterocycles. The molecule has 1 saturated heterocycles. The van der Waals surface area contributed by atoms with Crippen LogP contribution >= 0.6 is 23.2 Å². The highest BCUT2D eigenvalue weighted by Gasteiger charge is 2.22. The van der Waals surface area contributed by atoms with Crippen molar-refractivity contribution in [2.75, 3.05) is 14.2 Å². The highest BCUT2D eigenvalue weighted by atomic mass is 35.5. The Hall–Kier alpha value is -4.65. The summed E-state index contributed by atoms with van der Waals surface area (Å²) in [6.45, 7) is 3.74. The van der Waals surface area contributed by atoms with Gasteiger partial charge in [-0.05, 0) is 32.6 Å². The summed E-state index contributed by atoms with van der Waals surface area (Å²) in [5.41, 5.74) is 6.24. The molecule has 1 atom stereocenters. The summed E-state index contributed by atoms with van der Waals surface area (Å²) in [4.78, 5) is 30.3. The average molecular weight is 703 g/mol. The number of ether oxygens (including phenoxy) is 2. The van der Waals surface area contributed by atoms with Gasteiger partial charge in [0.2, 0.25) is 17.7 Å². The summed E-state index contributed by atoms with van der Waals surface area (Å²) in [6, 6.07) is 11.6. The lowest BCUT2D eigenvalue weighted by molar-refractivity contribution is -0.119. The van der Waals surface area contributed by atoms with Crippen LogP contribution in [0.2, 0.25) is 10.0 Å². The maximum absolute atomic E-state index is 11.5. The summed E-state index contributed by atoms with van der Waals surface area (Å²) in [7, 11) is 3.15. The Labute approximate surface area is 294 Å². The second-order valence-corrected chi connectivity index (χ2v) is 12.4. The van der Waals surface area contributed by atoms with Gasteiger partial charge in [0.05, 0.1) is 53.7 Å². The van der Waals surface area contributed by atoms with Crippen LogP contribution in [0.25, 0.3) is 33.6 Å². The van der Waals surface area contributed by atoms with Gasteiger partial charge >= 0.3 is 0 Å². The zero-order valence-corrected chi connectivity index (χ0v) is 29.1. The van der Waals surface area contributed by atoms with Crippen molar-refractivity contribution in [2.45, 2.75) is 64.7 Å². The Morgan fingerprint density at radius 3 is 2.08 bits per heavy atom. The molecule has 2 aromatic carbocycles. The van der Waals surface area contributed by atoms with Crippen molar-refractivity contribution in [3.05, 3.63) is 82.1 Å². The van der Waals surface area contributed by atoms with Gasteiger partial charge in [0, 0.05) is 60.5 Å². The second kappa shape index (κ2) is 15.7. The van der Waals surface area contributed by atoms with Gasteiger partial charge in [-0.2, -0.15) is 0 Å². The van der Waals surface area contributed by atoms with Gasteiger partial charge < -0.3 is 20.1 Å². The molecule has 0 bridgehead atoms. The molecule has 49 heavy (non-hydrogen) atoms. The molecule has 14 heteroatoms. The van der Waals surface area contributed by atoms with Crippen LogP contribution in [0.15, 0.2) is 55.0 Å². The second-order valence-electron chi connectivity index (χ2n) is 11.6. The lowest BCUT2D eigenvalue weighted by atomic mass is 9.98. The smallest absolute Gasteiger partial charge is 0.237 e. The van der Waals surface area contributed by atoms with Gasteiger partial charge in [0.25, 0.3) is 0 Å². The highest BCUT2D eigenvalue weighted by molar-refractivity contribution is 6.39. The molecule has 0 saturated carbocycles. The molecule has 1 amide bonds. The van der Waals surface area contributed by atoms with Crippen molar-refractivity contribution in [1.82, 2.24) is 45.6 Å². The third-order valence-electron chi connectivity index (χ3n) is 8.41. The third-order valence-corrected chi connectivity index (χ3v) is 9.22. The van der Waals surface area contributed by atoms with Crippen LogP contribution in [0, 0.1) is 0 Å². The number of nitrogens with one attached hydrogen (secondary N) is 2. The molecule has 0 spiro atoms. The normalized spacial score (nSPS) is 14.2. The van der Waals surface area contributed by atoms with Gasteiger partial charge in [-0.1, -0.05) is 64.8 Å². The molecule has 1 aliphatic heterocycles. The van der Waals surface area contributed by atoms with Crippen molar-refractivity contribution in [2.24, 2.45) is 0 Å². The van der Waals surface area contributed by atoms with Crippen LogP contribution in [-0.2, 0) is 30.8 Å². The minimum Gasteiger partial charge on any atom is -0.480 e. The van der Waals surface area contributed by atoms with E-state index in [9.17, 15) is 4.79 Å². The fourth-order valence-electron chi connectivity index (χ4n) is 5.84. The molecule has 1 aliphatic rings. The van der Waals surface area contributed by atoms with Crippen molar-refractivity contribution >= 4 is 29.1 Å². The van der Waals surface area contributed by atoms with E-state index in [4.69, 9.17) is 42.6 Å². The average Bonchev–Trinajstić information content (AvgIpc) is 3.77. The van der Waals surface area contributed by atoms with Crippen LogP contribution < -0.4 is 20.1 Å². The first-order valence-corrected chi connectivity index (χ1v) is 16.9. The molecule has 2 N–H and O–H groups in total. The Bertz CT molecular complexity index is 1950. The van der Waals surface area contributed by atoms with E-state index in [1.165, 1.54) is 0 Å².